The van der Waals surface area contributed by atoms with E-state index in [9.17, 15) is 14.4 Å². The van der Waals surface area contributed by atoms with E-state index in [0.717, 1.165) is 12.8 Å². The summed E-state index contributed by atoms with van der Waals surface area (Å²) in [6, 6.07) is 0. The zero-order valence-corrected chi connectivity index (χ0v) is 9.22. The van der Waals surface area contributed by atoms with Crippen LogP contribution in [0, 0.1) is 5.92 Å². The first kappa shape index (κ1) is 11.1. The largest absolute Gasteiger partial charge is 0.339 e. The lowest BCUT2D eigenvalue weighted by molar-refractivity contribution is -0.141. The fraction of sp³-hybridized carbons (Fsp3) is 0.727. The van der Waals surface area contributed by atoms with Gasteiger partial charge in [-0.25, -0.2) is 0 Å². The van der Waals surface area contributed by atoms with Crippen LogP contribution >= 0.6 is 0 Å². The van der Waals surface area contributed by atoms with Crippen LogP contribution in [0.15, 0.2) is 0 Å². The second kappa shape index (κ2) is 4.63. The molecule has 0 bridgehead atoms. The van der Waals surface area contributed by atoms with Gasteiger partial charge in [-0.2, -0.15) is 0 Å². The third kappa shape index (κ3) is 2.40. The van der Waals surface area contributed by atoms with Crippen molar-refractivity contribution in [3.8, 4) is 0 Å². The molecule has 0 aromatic heterocycles. The first-order valence-electron chi connectivity index (χ1n) is 5.72. The van der Waals surface area contributed by atoms with E-state index >= 15 is 0 Å². The molecule has 2 aliphatic rings. The summed E-state index contributed by atoms with van der Waals surface area (Å²) in [4.78, 5) is 36.9. The Morgan fingerprint density at radius 2 is 1.62 bits per heavy atom. The number of hydrogen-bond acceptors (Lipinski definition) is 3. The van der Waals surface area contributed by atoms with E-state index < -0.39 is 0 Å². The van der Waals surface area contributed by atoms with Gasteiger partial charge in [0, 0.05) is 32.1 Å². The van der Waals surface area contributed by atoms with Gasteiger partial charge in [-0.1, -0.05) is 0 Å². The standard InChI is InChI=1S/C11H16N2O3/c14-8-3-10(15)12-4-6-13(7-5-12)11(16)9-1-2-9/h8-9H,1-7H2. The van der Waals surface area contributed by atoms with Crippen LogP contribution < -0.4 is 0 Å². The monoisotopic (exact) mass is 224 g/mol. The van der Waals surface area contributed by atoms with Crippen LogP contribution in [0.1, 0.15) is 19.3 Å². The number of piperazine rings is 1. The minimum Gasteiger partial charge on any atom is -0.339 e. The minimum absolute atomic E-state index is 0.0451. The fourth-order valence-corrected chi connectivity index (χ4v) is 1.97. The van der Waals surface area contributed by atoms with Crippen molar-refractivity contribution in [1.82, 2.24) is 9.80 Å². The van der Waals surface area contributed by atoms with Crippen LogP contribution in [-0.2, 0) is 14.4 Å². The van der Waals surface area contributed by atoms with E-state index in [1.54, 1.807) is 4.90 Å². The summed E-state index contributed by atoms with van der Waals surface area (Å²) in [6.07, 6.45) is 2.62. The Bertz CT molecular complexity index is 304. The van der Waals surface area contributed by atoms with Crippen molar-refractivity contribution in [1.29, 1.82) is 0 Å². The lowest BCUT2D eigenvalue weighted by Crippen LogP contribution is -2.51. The van der Waals surface area contributed by atoms with Crippen LogP contribution in [0.25, 0.3) is 0 Å². The molecule has 5 heteroatoms. The molecule has 0 radical (unpaired) electrons. The van der Waals surface area contributed by atoms with Crippen molar-refractivity contribution in [3.63, 3.8) is 0 Å². The summed E-state index contributed by atoms with van der Waals surface area (Å²) in [5.74, 6) is 0.355. The lowest BCUT2D eigenvalue weighted by atomic mass is 10.2. The van der Waals surface area contributed by atoms with Gasteiger partial charge in [-0.3, -0.25) is 9.59 Å². The Balaban J connectivity index is 1.79. The first-order valence-corrected chi connectivity index (χ1v) is 5.72. The second-order valence-corrected chi connectivity index (χ2v) is 4.35. The number of aldehydes is 1. The highest BCUT2D eigenvalue weighted by Crippen LogP contribution is 2.31. The van der Waals surface area contributed by atoms with Gasteiger partial charge in [-0.15, -0.1) is 0 Å². The van der Waals surface area contributed by atoms with E-state index in [-0.39, 0.29) is 24.2 Å². The van der Waals surface area contributed by atoms with Crippen LogP contribution in [-0.4, -0.2) is 54.1 Å². The summed E-state index contributed by atoms with van der Waals surface area (Å²) in [5.41, 5.74) is 0. The van der Waals surface area contributed by atoms with Crippen LogP contribution in [0.5, 0.6) is 0 Å². The van der Waals surface area contributed by atoms with Crippen molar-refractivity contribution in [2.24, 2.45) is 5.92 Å². The van der Waals surface area contributed by atoms with Gasteiger partial charge >= 0.3 is 0 Å². The maximum Gasteiger partial charge on any atom is 0.229 e. The maximum absolute atomic E-state index is 11.7. The third-order valence-electron chi connectivity index (χ3n) is 3.13. The molecule has 1 saturated carbocycles. The molecule has 1 heterocycles. The van der Waals surface area contributed by atoms with Gasteiger partial charge < -0.3 is 14.6 Å². The lowest BCUT2D eigenvalue weighted by Gasteiger charge is -2.34. The number of amides is 2. The molecule has 1 aliphatic carbocycles. The Labute approximate surface area is 94.4 Å². The summed E-state index contributed by atoms with van der Waals surface area (Å²) >= 11 is 0. The van der Waals surface area contributed by atoms with Crippen molar-refractivity contribution in [2.75, 3.05) is 26.2 Å². The van der Waals surface area contributed by atoms with E-state index in [1.807, 2.05) is 4.90 Å². The maximum atomic E-state index is 11.7. The molecule has 1 aliphatic heterocycles. The number of carbonyl (C=O) groups is 3. The Hall–Kier alpha value is -1.39. The quantitative estimate of drug-likeness (QED) is 0.486. The Morgan fingerprint density at radius 1 is 1.06 bits per heavy atom. The van der Waals surface area contributed by atoms with Gasteiger partial charge in [-0.05, 0) is 12.8 Å². The van der Waals surface area contributed by atoms with E-state index in [4.69, 9.17) is 0 Å². The molecule has 0 aromatic carbocycles. The molecule has 5 nitrogen and oxygen atoms in total. The number of carbonyl (C=O) groups excluding carboxylic acids is 3. The normalized spacial score (nSPS) is 20.8. The zero-order valence-electron chi connectivity index (χ0n) is 9.22. The predicted molar refractivity (Wildman–Crippen MR) is 56.6 cm³/mol. The predicted octanol–water partition coefficient (Wildman–Crippen LogP) is -0.344. The van der Waals surface area contributed by atoms with Crippen molar-refractivity contribution in [3.05, 3.63) is 0 Å². The topological polar surface area (TPSA) is 57.7 Å². The summed E-state index contributed by atoms with van der Waals surface area (Å²) < 4.78 is 0. The summed E-state index contributed by atoms with van der Waals surface area (Å²) in [6.45, 7) is 2.34. The smallest absolute Gasteiger partial charge is 0.229 e. The first-order chi connectivity index (χ1) is 7.72. The average molecular weight is 224 g/mol. The molecule has 0 atom stereocenters. The minimum atomic E-state index is -0.131. The molecule has 0 unspecified atom stereocenters. The fourth-order valence-electron chi connectivity index (χ4n) is 1.97. The number of nitrogens with zero attached hydrogens (tertiary/aromatic N) is 2. The van der Waals surface area contributed by atoms with Gasteiger partial charge in [0.2, 0.25) is 11.8 Å². The average Bonchev–Trinajstić information content (AvgIpc) is 3.12. The molecular formula is C11H16N2O3. The molecule has 0 aromatic rings. The number of rotatable bonds is 3. The highest BCUT2D eigenvalue weighted by molar-refractivity contribution is 5.88. The molecule has 2 rings (SSSR count). The number of hydrogen-bond donors (Lipinski definition) is 0. The highest BCUT2D eigenvalue weighted by atomic mass is 16.2. The molecule has 0 spiro atoms. The summed E-state index contributed by atoms with van der Waals surface area (Å²) in [5, 5.41) is 0. The SMILES string of the molecule is O=CCC(=O)N1CCN(C(=O)C2CC2)CC1. The van der Waals surface area contributed by atoms with E-state index in [2.05, 4.69) is 0 Å². The highest BCUT2D eigenvalue weighted by Gasteiger charge is 2.34. The molecule has 16 heavy (non-hydrogen) atoms. The Kier molecular flexibility index (Phi) is 3.22. The van der Waals surface area contributed by atoms with Gasteiger partial charge in [0.1, 0.15) is 6.29 Å². The van der Waals surface area contributed by atoms with Gasteiger partial charge in [0.25, 0.3) is 0 Å². The van der Waals surface area contributed by atoms with Gasteiger partial charge in [0.15, 0.2) is 0 Å². The molecule has 88 valence electrons. The van der Waals surface area contributed by atoms with Gasteiger partial charge in [0.05, 0.1) is 6.42 Å². The zero-order chi connectivity index (χ0) is 11.5. The molecule has 2 amide bonds. The molecule has 0 N–H and O–H groups in total. The van der Waals surface area contributed by atoms with Crippen molar-refractivity contribution < 1.29 is 14.4 Å². The van der Waals surface area contributed by atoms with Crippen LogP contribution in [0.2, 0.25) is 0 Å². The van der Waals surface area contributed by atoms with Crippen LogP contribution in [0.3, 0.4) is 0 Å². The third-order valence-corrected chi connectivity index (χ3v) is 3.13. The van der Waals surface area contributed by atoms with Crippen molar-refractivity contribution >= 4 is 18.1 Å². The molecule has 2 fully saturated rings. The van der Waals surface area contributed by atoms with Crippen LogP contribution in [0.4, 0.5) is 0 Å². The Morgan fingerprint density at radius 3 is 2.12 bits per heavy atom. The molecular weight excluding hydrogens is 208 g/mol. The van der Waals surface area contributed by atoms with Crippen molar-refractivity contribution in [2.45, 2.75) is 19.3 Å². The molecule has 1 saturated heterocycles. The van der Waals surface area contributed by atoms with E-state index in [1.165, 1.54) is 0 Å². The second-order valence-electron chi connectivity index (χ2n) is 4.35. The van der Waals surface area contributed by atoms with E-state index in [0.29, 0.717) is 32.5 Å². The summed E-state index contributed by atoms with van der Waals surface area (Å²) in [7, 11) is 0.